The highest BCUT2D eigenvalue weighted by atomic mass is 79.9. The molecule has 2 heterocycles. The fourth-order valence-corrected chi connectivity index (χ4v) is 2.04. The molecule has 0 bridgehead atoms. The fourth-order valence-electron chi connectivity index (χ4n) is 1.25. The van der Waals surface area contributed by atoms with E-state index in [0.29, 0.717) is 6.04 Å². The summed E-state index contributed by atoms with van der Waals surface area (Å²) in [5.41, 5.74) is 1.86. The molecule has 0 fully saturated rings. The number of hydrogen-bond acceptors (Lipinski definition) is 2. The molecule has 13 heavy (non-hydrogen) atoms. The second kappa shape index (κ2) is 3.10. The smallest absolute Gasteiger partial charge is 0.130 e. The Morgan fingerprint density at radius 2 is 2.23 bits per heavy atom. The lowest BCUT2D eigenvalue weighted by Crippen LogP contribution is -2.02. The van der Waals surface area contributed by atoms with Crippen LogP contribution in [0.2, 0.25) is 0 Å². The molecule has 0 unspecified atom stereocenters. The summed E-state index contributed by atoms with van der Waals surface area (Å²) in [6, 6.07) is 4.21. The van der Waals surface area contributed by atoms with Gasteiger partial charge in [-0.2, -0.15) is 5.10 Å². The van der Waals surface area contributed by atoms with Crippen molar-refractivity contribution in [2.75, 3.05) is 0 Å². The summed E-state index contributed by atoms with van der Waals surface area (Å²) in [5, 5.41) is 4.42. The Balaban J connectivity index is 2.74. The van der Waals surface area contributed by atoms with Crippen LogP contribution in [0.3, 0.4) is 0 Å². The molecule has 4 heteroatoms. The van der Waals surface area contributed by atoms with Gasteiger partial charge in [-0.05, 0) is 41.9 Å². The highest BCUT2D eigenvalue weighted by Gasteiger charge is 2.10. The van der Waals surface area contributed by atoms with E-state index in [2.05, 4.69) is 39.9 Å². The summed E-state index contributed by atoms with van der Waals surface area (Å²) < 4.78 is 2.88. The van der Waals surface area contributed by atoms with Crippen molar-refractivity contribution in [1.29, 1.82) is 0 Å². The third kappa shape index (κ3) is 1.35. The van der Waals surface area contributed by atoms with Crippen molar-refractivity contribution in [3.63, 3.8) is 0 Å². The molecule has 2 aromatic rings. The Bertz CT molecular complexity index is 433. The molecular formula is C9H10BrN3. The Morgan fingerprint density at radius 3 is 2.85 bits per heavy atom. The van der Waals surface area contributed by atoms with Crippen LogP contribution in [0.25, 0.3) is 11.0 Å². The molecule has 0 aliphatic heterocycles. The van der Waals surface area contributed by atoms with E-state index in [0.717, 1.165) is 15.6 Å². The maximum atomic E-state index is 4.42. The van der Waals surface area contributed by atoms with E-state index < -0.39 is 0 Å². The van der Waals surface area contributed by atoms with Crippen LogP contribution in [0.4, 0.5) is 0 Å². The lowest BCUT2D eigenvalue weighted by atomic mass is 10.4. The first kappa shape index (κ1) is 8.69. The molecule has 68 valence electrons. The largest absolute Gasteiger partial charge is 0.253 e. The lowest BCUT2D eigenvalue weighted by Gasteiger charge is -2.05. The van der Waals surface area contributed by atoms with Gasteiger partial charge in [0.05, 0.1) is 0 Å². The van der Waals surface area contributed by atoms with Gasteiger partial charge in [0.1, 0.15) is 15.6 Å². The molecule has 2 rings (SSSR count). The summed E-state index contributed by atoms with van der Waals surface area (Å²) in [6.45, 7) is 4.19. The maximum absolute atomic E-state index is 4.42. The lowest BCUT2D eigenvalue weighted by molar-refractivity contribution is 0.527. The zero-order valence-corrected chi connectivity index (χ0v) is 9.12. The number of nitrogens with zero attached hydrogens (tertiary/aromatic N) is 3. The molecule has 0 aliphatic rings. The van der Waals surface area contributed by atoms with Crippen LogP contribution in [0.15, 0.2) is 22.9 Å². The minimum Gasteiger partial charge on any atom is -0.253 e. The van der Waals surface area contributed by atoms with Crippen LogP contribution in [-0.4, -0.2) is 14.8 Å². The van der Waals surface area contributed by atoms with E-state index in [-0.39, 0.29) is 0 Å². The summed E-state index contributed by atoms with van der Waals surface area (Å²) in [5.74, 6) is 0. The molecule has 0 radical (unpaired) electrons. The van der Waals surface area contributed by atoms with Crippen LogP contribution < -0.4 is 0 Å². The van der Waals surface area contributed by atoms with Gasteiger partial charge in [0.15, 0.2) is 0 Å². The summed E-state index contributed by atoms with van der Waals surface area (Å²) in [6.07, 6.45) is 1.78. The topological polar surface area (TPSA) is 30.7 Å². The van der Waals surface area contributed by atoms with Crippen LogP contribution >= 0.6 is 15.9 Å². The van der Waals surface area contributed by atoms with Gasteiger partial charge in [-0.25, -0.2) is 0 Å². The average Bonchev–Trinajstić information content (AvgIpc) is 2.45. The maximum Gasteiger partial charge on any atom is 0.130 e. The van der Waals surface area contributed by atoms with Gasteiger partial charge in [0.2, 0.25) is 0 Å². The normalized spacial score (nSPS) is 11.4. The standard InChI is InChI=1S/C9H10BrN3/c1-6(2)13-9(10)8-7(12-13)4-3-5-11-8/h3-6H,1-2H3. The molecule has 0 aliphatic carbocycles. The van der Waals surface area contributed by atoms with Crippen LogP contribution in [-0.2, 0) is 0 Å². The van der Waals surface area contributed by atoms with Crippen molar-refractivity contribution in [2.24, 2.45) is 0 Å². The SMILES string of the molecule is CC(C)n1nc2cccnc2c1Br. The predicted octanol–water partition coefficient (Wildman–Crippen LogP) is 2.77. The second-order valence-electron chi connectivity index (χ2n) is 3.20. The van der Waals surface area contributed by atoms with E-state index in [1.165, 1.54) is 0 Å². The van der Waals surface area contributed by atoms with Crippen molar-refractivity contribution in [1.82, 2.24) is 14.8 Å². The minimum absolute atomic E-state index is 0.351. The first-order valence-electron chi connectivity index (χ1n) is 4.19. The second-order valence-corrected chi connectivity index (χ2v) is 3.95. The first-order chi connectivity index (χ1) is 6.20. The third-order valence-electron chi connectivity index (χ3n) is 1.89. The van der Waals surface area contributed by atoms with Crippen molar-refractivity contribution in [3.05, 3.63) is 22.9 Å². The highest BCUT2D eigenvalue weighted by molar-refractivity contribution is 9.10. The van der Waals surface area contributed by atoms with E-state index >= 15 is 0 Å². The Hall–Kier alpha value is -0.900. The minimum atomic E-state index is 0.351. The van der Waals surface area contributed by atoms with Crippen LogP contribution in [0.1, 0.15) is 19.9 Å². The zero-order chi connectivity index (χ0) is 9.42. The molecule has 3 nitrogen and oxygen atoms in total. The number of rotatable bonds is 1. The molecule has 0 spiro atoms. The average molecular weight is 240 g/mol. The summed E-state index contributed by atoms with van der Waals surface area (Å²) in [7, 11) is 0. The molecule has 0 aromatic carbocycles. The Labute approximate surface area is 84.9 Å². The number of hydrogen-bond donors (Lipinski definition) is 0. The van der Waals surface area contributed by atoms with Gasteiger partial charge < -0.3 is 0 Å². The highest BCUT2D eigenvalue weighted by Crippen LogP contribution is 2.23. The van der Waals surface area contributed by atoms with Crippen LogP contribution in [0, 0.1) is 0 Å². The van der Waals surface area contributed by atoms with Gasteiger partial charge in [-0.3, -0.25) is 9.67 Å². The van der Waals surface area contributed by atoms with Crippen molar-refractivity contribution in [2.45, 2.75) is 19.9 Å². The molecule has 0 atom stereocenters. The third-order valence-corrected chi connectivity index (χ3v) is 2.63. The zero-order valence-electron chi connectivity index (χ0n) is 7.53. The molecule has 0 N–H and O–H groups in total. The number of pyridine rings is 1. The number of halogens is 1. The molecule has 2 aromatic heterocycles. The Kier molecular flexibility index (Phi) is 2.07. The fraction of sp³-hybridized carbons (Fsp3) is 0.333. The van der Waals surface area contributed by atoms with Gasteiger partial charge in [-0.1, -0.05) is 0 Å². The van der Waals surface area contributed by atoms with Gasteiger partial charge in [-0.15, -0.1) is 0 Å². The number of fused-ring (bicyclic) bond motifs is 1. The van der Waals surface area contributed by atoms with E-state index in [9.17, 15) is 0 Å². The van der Waals surface area contributed by atoms with E-state index in [1.807, 2.05) is 16.8 Å². The predicted molar refractivity (Wildman–Crippen MR) is 55.6 cm³/mol. The molecule has 0 saturated carbocycles. The first-order valence-corrected chi connectivity index (χ1v) is 4.98. The van der Waals surface area contributed by atoms with E-state index in [1.54, 1.807) is 6.20 Å². The van der Waals surface area contributed by atoms with Gasteiger partial charge in [0, 0.05) is 12.2 Å². The Morgan fingerprint density at radius 1 is 1.46 bits per heavy atom. The van der Waals surface area contributed by atoms with Crippen molar-refractivity contribution < 1.29 is 0 Å². The van der Waals surface area contributed by atoms with Gasteiger partial charge >= 0.3 is 0 Å². The van der Waals surface area contributed by atoms with Crippen molar-refractivity contribution in [3.8, 4) is 0 Å². The number of aromatic nitrogens is 3. The van der Waals surface area contributed by atoms with Gasteiger partial charge in [0.25, 0.3) is 0 Å². The molecule has 0 amide bonds. The quantitative estimate of drug-likeness (QED) is 0.767. The summed E-state index contributed by atoms with van der Waals surface area (Å²) in [4.78, 5) is 4.25. The summed E-state index contributed by atoms with van der Waals surface area (Å²) >= 11 is 3.49. The van der Waals surface area contributed by atoms with Crippen molar-refractivity contribution >= 4 is 27.0 Å². The van der Waals surface area contributed by atoms with Crippen LogP contribution in [0.5, 0.6) is 0 Å². The monoisotopic (exact) mass is 239 g/mol. The van der Waals surface area contributed by atoms with E-state index in [4.69, 9.17) is 0 Å². The molecular weight excluding hydrogens is 230 g/mol. The molecule has 0 saturated heterocycles.